The molecule has 0 spiro atoms. The number of benzene rings is 1. The summed E-state index contributed by atoms with van der Waals surface area (Å²) in [7, 11) is 0. The number of alkyl halides is 3. The smallest absolute Gasteiger partial charge is 0.325 e. The van der Waals surface area contributed by atoms with Gasteiger partial charge in [0.25, 0.3) is 0 Å². The van der Waals surface area contributed by atoms with Gasteiger partial charge in [0.1, 0.15) is 0 Å². The molecule has 1 aliphatic rings. The first-order chi connectivity index (χ1) is 12.3. The van der Waals surface area contributed by atoms with Crippen LogP contribution in [0.2, 0.25) is 0 Å². The van der Waals surface area contributed by atoms with Gasteiger partial charge in [0.05, 0.1) is 17.8 Å². The molecule has 2 heterocycles. The van der Waals surface area contributed by atoms with E-state index in [0.29, 0.717) is 0 Å². The van der Waals surface area contributed by atoms with E-state index in [-0.39, 0.29) is 24.2 Å². The number of hydrogen-bond donors (Lipinski definition) is 2. The van der Waals surface area contributed by atoms with E-state index < -0.39 is 11.7 Å². The highest BCUT2D eigenvalue weighted by molar-refractivity contribution is 5.92. The van der Waals surface area contributed by atoms with Crippen molar-refractivity contribution in [2.24, 2.45) is 0 Å². The number of aromatic nitrogens is 2. The molecule has 140 valence electrons. The third kappa shape index (κ3) is 3.90. The van der Waals surface area contributed by atoms with E-state index in [1.54, 1.807) is 0 Å². The van der Waals surface area contributed by atoms with Crippen LogP contribution < -0.4 is 5.32 Å². The minimum atomic E-state index is -4.43. The van der Waals surface area contributed by atoms with Crippen molar-refractivity contribution in [1.29, 1.82) is 0 Å². The number of carbonyl (C=O) groups is 1. The van der Waals surface area contributed by atoms with Crippen molar-refractivity contribution < 1.29 is 18.0 Å². The molecule has 8 heteroatoms. The topological polar surface area (TPSA) is 61.0 Å². The van der Waals surface area contributed by atoms with Crippen LogP contribution in [-0.4, -0.2) is 34.1 Å². The van der Waals surface area contributed by atoms with Gasteiger partial charge in [0.15, 0.2) is 0 Å². The Labute approximate surface area is 149 Å². The average Bonchev–Trinajstić information content (AvgIpc) is 3.13. The van der Waals surface area contributed by atoms with E-state index in [0.717, 1.165) is 48.5 Å². The predicted octanol–water partition coefficient (Wildman–Crippen LogP) is 3.82. The van der Waals surface area contributed by atoms with E-state index in [1.807, 2.05) is 18.7 Å². The summed E-state index contributed by atoms with van der Waals surface area (Å²) in [5.74, 6) is -0.324. The minimum Gasteiger partial charge on any atom is -0.325 e. The summed E-state index contributed by atoms with van der Waals surface area (Å²) >= 11 is 0. The van der Waals surface area contributed by atoms with Gasteiger partial charge in [0.2, 0.25) is 5.91 Å². The quantitative estimate of drug-likeness (QED) is 0.865. The summed E-state index contributed by atoms with van der Waals surface area (Å²) < 4.78 is 38.4. The highest BCUT2D eigenvalue weighted by atomic mass is 19.4. The number of anilines is 1. The minimum absolute atomic E-state index is 0.0982. The molecule has 3 rings (SSSR count). The van der Waals surface area contributed by atoms with Crippen molar-refractivity contribution >= 4 is 11.6 Å². The molecular formula is C18H21F3N4O. The Morgan fingerprint density at radius 3 is 2.81 bits per heavy atom. The highest BCUT2D eigenvalue weighted by Crippen LogP contribution is 2.34. The second-order valence-electron chi connectivity index (χ2n) is 6.60. The van der Waals surface area contributed by atoms with Crippen LogP contribution in [0.5, 0.6) is 0 Å². The van der Waals surface area contributed by atoms with Gasteiger partial charge < -0.3 is 5.32 Å². The Morgan fingerprint density at radius 1 is 1.38 bits per heavy atom. The van der Waals surface area contributed by atoms with Crippen LogP contribution in [0, 0.1) is 13.8 Å². The molecule has 1 fully saturated rings. The second kappa shape index (κ2) is 7.11. The first-order valence-corrected chi connectivity index (χ1v) is 8.48. The van der Waals surface area contributed by atoms with Gasteiger partial charge in [-0.2, -0.15) is 18.3 Å². The lowest BCUT2D eigenvalue weighted by Gasteiger charge is -2.24. The summed E-state index contributed by atoms with van der Waals surface area (Å²) in [6, 6.07) is 4.77. The molecule has 1 aromatic carbocycles. The van der Waals surface area contributed by atoms with Crippen molar-refractivity contribution in [1.82, 2.24) is 15.1 Å². The molecule has 1 saturated heterocycles. The molecule has 2 aromatic rings. The van der Waals surface area contributed by atoms with Gasteiger partial charge in [-0.15, -0.1) is 0 Å². The largest absolute Gasteiger partial charge is 0.416 e. The molecule has 1 aliphatic heterocycles. The van der Waals surface area contributed by atoms with Gasteiger partial charge in [-0.1, -0.05) is 6.07 Å². The van der Waals surface area contributed by atoms with Crippen LogP contribution in [0.1, 0.15) is 41.4 Å². The zero-order chi connectivity index (χ0) is 18.9. The molecule has 1 unspecified atom stereocenters. The molecule has 26 heavy (non-hydrogen) atoms. The first kappa shape index (κ1) is 18.4. The Bertz CT molecular complexity index is 780. The number of carbonyl (C=O) groups excluding carboxylic acids is 1. The number of aryl methyl sites for hydroxylation is 2. The third-order valence-electron chi connectivity index (χ3n) is 4.70. The van der Waals surface area contributed by atoms with E-state index in [1.165, 1.54) is 12.1 Å². The van der Waals surface area contributed by atoms with Gasteiger partial charge in [0, 0.05) is 23.0 Å². The van der Waals surface area contributed by atoms with Crippen LogP contribution in [0.4, 0.5) is 18.9 Å². The van der Waals surface area contributed by atoms with Crippen molar-refractivity contribution in [2.45, 2.75) is 38.9 Å². The summed E-state index contributed by atoms with van der Waals surface area (Å²) in [5, 5.41) is 9.75. The maximum atomic E-state index is 12.8. The fourth-order valence-corrected chi connectivity index (χ4v) is 3.55. The SMILES string of the molecule is Cc1n[nH]c(C)c1C1CCCN1CC(=O)Nc1cccc(C(F)(F)F)c1. The van der Waals surface area contributed by atoms with Gasteiger partial charge in [-0.3, -0.25) is 14.8 Å². The molecule has 2 N–H and O–H groups in total. The maximum absolute atomic E-state index is 12.8. The van der Waals surface area contributed by atoms with Gasteiger partial charge >= 0.3 is 6.18 Å². The monoisotopic (exact) mass is 366 g/mol. The standard InChI is InChI=1S/C18H21F3N4O/c1-11-17(12(2)24-23-11)15-7-4-8-25(15)10-16(26)22-14-6-3-5-13(9-14)18(19,20)21/h3,5-6,9,15H,4,7-8,10H2,1-2H3,(H,22,26)(H,23,24). The van der Waals surface area contributed by atoms with Gasteiger partial charge in [-0.25, -0.2) is 0 Å². The van der Waals surface area contributed by atoms with Crippen molar-refractivity contribution in [3.63, 3.8) is 0 Å². The van der Waals surface area contributed by atoms with Crippen LogP contribution in [-0.2, 0) is 11.0 Å². The van der Waals surface area contributed by atoms with Crippen LogP contribution in [0.25, 0.3) is 0 Å². The summed E-state index contributed by atoms with van der Waals surface area (Å²) in [6.07, 6.45) is -2.54. The lowest BCUT2D eigenvalue weighted by Crippen LogP contribution is -2.33. The van der Waals surface area contributed by atoms with Crippen molar-refractivity contribution in [3.05, 3.63) is 46.8 Å². The number of nitrogens with one attached hydrogen (secondary N) is 2. The fourth-order valence-electron chi connectivity index (χ4n) is 3.55. The molecule has 1 aromatic heterocycles. The Hall–Kier alpha value is -2.35. The number of aromatic amines is 1. The van der Waals surface area contributed by atoms with E-state index in [2.05, 4.69) is 15.5 Å². The number of halogens is 3. The number of H-pyrrole nitrogens is 1. The average molecular weight is 366 g/mol. The molecule has 5 nitrogen and oxygen atoms in total. The van der Waals surface area contributed by atoms with E-state index in [9.17, 15) is 18.0 Å². The van der Waals surface area contributed by atoms with Crippen LogP contribution >= 0.6 is 0 Å². The Balaban J connectivity index is 1.68. The molecule has 1 atom stereocenters. The molecule has 0 saturated carbocycles. The number of nitrogens with zero attached hydrogens (tertiary/aromatic N) is 2. The third-order valence-corrected chi connectivity index (χ3v) is 4.70. The van der Waals surface area contributed by atoms with Crippen LogP contribution in [0.15, 0.2) is 24.3 Å². The van der Waals surface area contributed by atoms with Gasteiger partial charge in [-0.05, 0) is 51.4 Å². The predicted molar refractivity (Wildman–Crippen MR) is 91.7 cm³/mol. The van der Waals surface area contributed by atoms with Crippen molar-refractivity contribution in [3.8, 4) is 0 Å². The Morgan fingerprint density at radius 2 is 2.15 bits per heavy atom. The summed E-state index contributed by atoms with van der Waals surface area (Å²) in [6.45, 7) is 4.78. The normalized spacial score (nSPS) is 18.3. The fraction of sp³-hybridized carbons (Fsp3) is 0.444. The molecule has 0 aliphatic carbocycles. The number of hydrogen-bond acceptors (Lipinski definition) is 3. The summed E-state index contributed by atoms with van der Waals surface area (Å²) in [4.78, 5) is 14.4. The zero-order valence-corrected chi connectivity index (χ0v) is 14.7. The van der Waals surface area contributed by atoms with Crippen LogP contribution in [0.3, 0.4) is 0 Å². The molecule has 0 radical (unpaired) electrons. The maximum Gasteiger partial charge on any atom is 0.416 e. The number of likely N-dealkylation sites (tertiary alicyclic amines) is 1. The Kier molecular flexibility index (Phi) is 5.04. The lowest BCUT2D eigenvalue weighted by molar-refractivity contribution is -0.137. The number of rotatable bonds is 4. The summed E-state index contributed by atoms with van der Waals surface area (Å²) in [5.41, 5.74) is 2.37. The lowest BCUT2D eigenvalue weighted by atomic mass is 10.0. The molecule has 0 bridgehead atoms. The zero-order valence-electron chi connectivity index (χ0n) is 14.7. The second-order valence-corrected chi connectivity index (χ2v) is 6.60. The van der Waals surface area contributed by atoms with E-state index in [4.69, 9.17) is 0 Å². The molecular weight excluding hydrogens is 345 g/mol. The highest BCUT2D eigenvalue weighted by Gasteiger charge is 2.32. The van der Waals surface area contributed by atoms with Crippen molar-refractivity contribution in [2.75, 3.05) is 18.4 Å². The number of amides is 1. The van der Waals surface area contributed by atoms with E-state index >= 15 is 0 Å². The first-order valence-electron chi connectivity index (χ1n) is 8.48. The molecule has 1 amide bonds.